The molecule has 0 aromatic heterocycles. The van der Waals surface area contributed by atoms with E-state index in [2.05, 4.69) is 10.6 Å². The largest absolute Gasteiger partial charge is 0.325 e. The molecule has 1 atom stereocenters. The minimum Gasteiger partial charge on any atom is -0.325 e. The lowest BCUT2D eigenvalue weighted by Crippen LogP contribution is -2.43. The number of likely N-dealkylation sites (N-methyl/N-ethyl adjacent to an activating group) is 1. The second kappa shape index (κ2) is 8.77. The number of aryl methyl sites for hydroxylation is 3. The van der Waals surface area contributed by atoms with Crippen LogP contribution in [0.25, 0.3) is 0 Å². The Hall–Kier alpha value is -2.73. The minimum absolute atomic E-state index is 0.0109. The van der Waals surface area contributed by atoms with Gasteiger partial charge >= 0.3 is 0 Å². The maximum absolute atomic E-state index is 13.2. The van der Waals surface area contributed by atoms with Gasteiger partial charge in [0.1, 0.15) is 5.82 Å². The summed E-state index contributed by atoms with van der Waals surface area (Å²) in [5.41, 5.74) is 4.33. The first-order valence-electron chi connectivity index (χ1n) is 8.81. The Kier molecular flexibility index (Phi) is 6.69. The van der Waals surface area contributed by atoms with Crippen LogP contribution in [-0.2, 0) is 9.59 Å². The standard InChI is InChI=1S/C21H26FN3O2/c1-13-9-14(2)20(15(3)10-13)24-21(27)16(4)25(5)12-19(26)23-18-8-6-7-17(22)11-18/h6-11,16H,12H2,1-5H3,(H,23,26)(H,24,27)/t16-/m1/s1. The number of nitrogens with zero attached hydrogens (tertiary/aromatic N) is 1. The van der Waals surface area contributed by atoms with E-state index in [-0.39, 0.29) is 18.4 Å². The van der Waals surface area contributed by atoms with Crippen molar-refractivity contribution >= 4 is 23.2 Å². The summed E-state index contributed by atoms with van der Waals surface area (Å²) in [7, 11) is 1.70. The molecular weight excluding hydrogens is 345 g/mol. The molecule has 0 radical (unpaired) electrons. The smallest absolute Gasteiger partial charge is 0.241 e. The monoisotopic (exact) mass is 371 g/mol. The summed E-state index contributed by atoms with van der Waals surface area (Å²) in [6.45, 7) is 7.67. The van der Waals surface area contributed by atoms with Crippen LogP contribution in [-0.4, -0.2) is 36.3 Å². The number of amides is 2. The molecule has 0 saturated heterocycles. The molecule has 6 heteroatoms. The fourth-order valence-corrected chi connectivity index (χ4v) is 2.94. The first-order chi connectivity index (χ1) is 12.7. The third kappa shape index (κ3) is 5.62. The van der Waals surface area contributed by atoms with Crippen molar-refractivity contribution < 1.29 is 14.0 Å². The Bertz CT molecular complexity index is 828. The van der Waals surface area contributed by atoms with Crippen molar-refractivity contribution in [2.24, 2.45) is 0 Å². The molecule has 0 spiro atoms. The maximum Gasteiger partial charge on any atom is 0.241 e. The molecule has 5 nitrogen and oxygen atoms in total. The average molecular weight is 371 g/mol. The Morgan fingerprint density at radius 2 is 1.70 bits per heavy atom. The van der Waals surface area contributed by atoms with Gasteiger partial charge in [-0.15, -0.1) is 0 Å². The first kappa shape index (κ1) is 20.6. The van der Waals surface area contributed by atoms with Crippen molar-refractivity contribution in [3.05, 3.63) is 58.9 Å². The van der Waals surface area contributed by atoms with Crippen molar-refractivity contribution in [2.45, 2.75) is 33.7 Å². The summed E-state index contributed by atoms with van der Waals surface area (Å²) >= 11 is 0. The maximum atomic E-state index is 13.2. The van der Waals surface area contributed by atoms with E-state index in [0.29, 0.717) is 5.69 Å². The van der Waals surface area contributed by atoms with Crippen molar-refractivity contribution in [1.29, 1.82) is 0 Å². The van der Waals surface area contributed by atoms with Crippen molar-refractivity contribution in [3.8, 4) is 0 Å². The third-order valence-corrected chi connectivity index (χ3v) is 4.47. The molecule has 0 saturated carbocycles. The average Bonchev–Trinajstić information content (AvgIpc) is 2.56. The molecule has 0 aliphatic heterocycles. The number of carbonyl (C=O) groups excluding carboxylic acids is 2. The van der Waals surface area contributed by atoms with Crippen LogP contribution < -0.4 is 10.6 Å². The van der Waals surface area contributed by atoms with Crippen molar-refractivity contribution in [2.75, 3.05) is 24.2 Å². The van der Waals surface area contributed by atoms with Crippen LogP contribution in [0.4, 0.5) is 15.8 Å². The van der Waals surface area contributed by atoms with E-state index in [1.807, 2.05) is 32.9 Å². The molecule has 27 heavy (non-hydrogen) atoms. The number of anilines is 2. The van der Waals surface area contributed by atoms with E-state index in [0.717, 1.165) is 22.4 Å². The minimum atomic E-state index is -0.511. The number of rotatable bonds is 6. The quantitative estimate of drug-likeness (QED) is 0.815. The zero-order valence-corrected chi connectivity index (χ0v) is 16.4. The van der Waals surface area contributed by atoms with Gasteiger partial charge in [-0.1, -0.05) is 23.8 Å². The summed E-state index contributed by atoms with van der Waals surface area (Å²) in [6, 6.07) is 9.22. The van der Waals surface area contributed by atoms with E-state index in [4.69, 9.17) is 0 Å². The highest BCUT2D eigenvalue weighted by Gasteiger charge is 2.21. The molecule has 0 fully saturated rings. The molecule has 2 rings (SSSR count). The summed E-state index contributed by atoms with van der Waals surface area (Å²) in [5.74, 6) is -0.922. The molecule has 144 valence electrons. The topological polar surface area (TPSA) is 61.4 Å². The normalized spacial score (nSPS) is 12.0. The molecule has 2 amide bonds. The van der Waals surface area contributed by atoms with E-state index in [1.54, 1.807) is 24.9 Å². The van der Waals surface area contributed by atoms with Gasteiger partial charge in [0.05, 0.1) is 12.6 Å². The van der Waals surface area contributed by atoms with Crippen LogP contribution in [0.1, 0.15) is 23.6 Å². The second-order valence-corrected chi connectivity index (χ2v) is 6.91. The predicted molar refractivity (Wildman–Crippen MR) is 106 cm³/mol. The Morgan fingerprint density at radius 3 is 2.30 bits per heavy atom. The zero-order chi connectivity index (χ0) is 20.1. The summed E-state index contributed by atoms with van der Waals surface area (Å²) in [4.78, 5) is 26.4. The molecule has 0 unspecified atom stereocenters. The van der Waals surface area contributed by atoms with Crippen LogP contribution in [0.2, 0.25) is 0 Å². The molecule has 0 aliphatic rings. The van der Waals surface area contributed by atoms with Gasteiger partial charge in [-0.3, -0.25) is 14.5 Å². The molecule has 0 heterocycles. The highest BCUT2D eigenvalue weighted by molar-refractivity contribution is 5.97. The van der Waals surface area contributed by atoms with Crippen LogP contribution in [0.3, 0.4) is 0 Å². The number of nitrogens with one attached hydrogen (secondary N) is 2. The van der Waals surface area contributed by atoms with Gasteiger partial charge in [-0.05, 0) is 64.1 Å². The summed E-state index contributed by atoms with van der Waals surface area (Å²) in [6.07, 6.45) is 0. The molecule has 2 N–H and O–H groups in total. The lowest BCUT2D eigenvalue weighted by molar-refractivity contribution is -0.122. The summed E-state index contributed by atoms with van der Waals surface area (Å²) < 4.78 is 13.2. The number of hydrogen-bond acceptors (Lipinski definition) is 3. The summed E-state index contributed by atoms with van der Waals surface area (Å²) in [5, 5.41) is 5.58. The van der Waals surface area contributed by atoms with Crippen LogP contribution in [0, 0.1) is 26.6 Å². The van der Waals surface area contributed by atoms with Crippen LogP contribution in [0.15, 0.2) is 36.4 Å². The van der Waals surface area contributed by atoms with E-state index < -0.39 is 11.9 Å². The molecule has 2 aromatic rings. The van der Waals surface area contributed by atoms with Gasteiger partial charge in [-0.2, -0.15) is 0 Å². The Labute approximate surface area is 159 Å². The third-order valence-electron chi connectivity index (χ3n) is 4.47. The molecule has 0 aliphatic carbocycles. The van der Waals surface area contributed by atoms with Gasteiger partial charge in [-0.25, -0.2) is 4.39 Å². The fraction of sp³-hybridized carbons (Fsp3) is 0.333. The van der Waals surface area contributed by atoms with E-state index in [1.165, 1.54) is 18.2 Å². The lowest BCUT2D eigenvalue weighted by Gasteiger charge is -2.24. The van der Waals surface area contributed by atoms with Gasteiger partial charge < -0.3 is 10.6 Å². The Balaban J connectivity index is 1.97. The SMILES string of the molecule is Cc1cc(C)c(NC(=O)[C@@H](C)N(C)CC(=O)Nc2cccc(F)c2)c(C)c1. The zero-order valence-electron chi connectivity index (χ0n) is 16.4. The number of carbonyl (C=O) groups is 2. The molecule has 0 bridgehead atoms. The van der Waals surface area contributed by atoms with E-state index >= 15 is 0 Å². The van der Waals surface area contributed by atoms with Gasteiger partial charge in [0.2, 0.25) is 11.8 Å². The fourth-order valence-electron chi connectivity index (χ4n) is 2.94. The highest BCUT2D eigenvalue weighted by atomic mass is 19.1. The van der Waals surface area contributed by atoms with Crippen LogP contribution >= 0.6 is 0 Å². The lowest BCUT2D eigenvalue weighted by atomic mass is 10.0. The van der Waals surface area contributed by atoms with Crippen LogP contribution in [0.5, 0.6) is 0 Å². The van der Waals surface area contributed by atoms with E-state index in [9.17, 15) is 14.0 Å². The number of benzene rings is 2. The first-order valence-corrected chi connectivity index (χ1v) is 8.81. The van der Waals surface area contributed by atoms with Gasteiger partial charge in [0.15, 0.2) is 0 Å². The Morgan fingerprint density at radius 1 is 1.07 bits per heavy atom. The number of hydrogen-bond donors (Lipinski definition) is 2. The predicted octanol–water partition coefficient (Wildman–Crippen LogP) is 3.65. The van der Waals surface area contributed by atoms with Crippen molar-refractivity contribution in [1.82, 2.24) is 4.90 Å². The molecule has 2 aromatic carbocycles. The number of halogens is 1. The van der Waals surface area contributed by atoms with Gasteiger partial charge in [0.25, 0.3) is 0 Å². The van der Waals surface area contributed by atoms with Crippen molar-refractivity contribution in [3.63, 3.8) is 0 Å². The molecular formula is C21H26FN3O2. The highest BCUT2D eigenvalue weighted by Crippen LogP contribution is 2.22. The van der Waals surface area contributed by atoms with Gasteiger partial charge in [0, 0.05) is 11.4 Å². The second-order valence-electron chi connectivity index (χ2n) is 6.91.